The summed E-state index contributed by atoms with van der Waals surface area (Å²) in [5.74, 6) is 0.984. The fraction of sp³-hybridized carbons (Fsp3) is 0.400. The first-order valence-corrected chi connectivity index (χ1v) is 2.80. The Bertz CT molecular complexity index is 217. The van der Waals surface area contributed by atoms with E-state index in [4.69, 9.17) is 10.8 Å². The number of nitrogens with two attached hydrogens (primary N) is 1. The van der Waals surface area contributed by atoms with Gasteiger partial charge in [-0.2, -0.15) is 9.97 Å². The van der Waals surface area contributed by atoms with Gasteiger partial charge < -0.3 is 10.8 Å². The summed E-state index contributed by atoms with van der Waals surface area (Å²) in [4.78, 5) is 11.2. The summed E-state index contributed by atoms with van der Waals surface area (Å²) in [5.41, 5.74) is 5.26. The SMILES string of the molecule is Cc1nc(N)nc(CO)n1. The van der Waals surface area contributed by atoms with E-state index in [1.54, 1.807) is 6.92 Å². The smallest absolute Gasteiger partial charge is 0.223 e. The van der Waals surface area contributed by atoms with Crippen LogP contribution in [-0.4, -0.2) is 20.1 Å². The number of aliphatic hydroxyl groups is 1. The summed E-state index contributed by atoms with van der Waals surface area (Å²) in [6, 6.07) is 0. The van der Waals surface area contributed by atoms with Crippen molar-refractivity contribution in [3.63, 3.8) is 0 Å². The van der Waals surface area contributed by atoms with Crippen LogP contribution in [-0.2, 0) is 6.61 Å². The number of nitrogens with zero attached hydrogens (tertiary/aromatic N) is 3. The molecule has 0 aliphatic rings. The molecule has 0 aromatic carbocycles. The van der Waals surface area contributed by atoms with E-state index >= 15 is 0 Å². The first-order valence-electron chi connectivity index (χ1n) is 2.80. The van der Waals surface area contributed by atoms with E-state index in [2.05, 4.69) is 15.0 Å². The molecule has 0 atom stereocenters. The zero-order valence-corrected chi connectivity index (χ0v) is 5.57. The first kappa shape index (κ1) is 6.88. The quantitative estimate of drug-likeness (QED) is 0.536. The lowest BCUT2D eigenvalue weighted by Gasteiger charge is -1.96. The summed E-state index contributed by atoms with van der Waals surface area (Å²) < 4.78 is 0. The Hall–Kier alpha value is -1.23. The highest BCUT2D eigenvalue weighted by Gasteiger charge is 1.97. The lowest BCUT2D eigenvalue weighted by atomic mass is 10.6. The number of aryl methyl sites for hydroxylation is 1. The molecular weight excluding hydrogens is 132 g/mol. The minimum absolute atomic E-state index is 0.150. The minimum Gasteiger partial charge on any atom is -0.388 e. The summed E-state index contributed by atoms with van der Waals surface area (Å²) in [6.07, 6.45) is 0. The minimum atomic E-state index is -0.201. The van der Waals surface area contributed by atoms with Gasteiger partial charge in [-0.15, -0.1) is 0 Å². The maximum atomic E-state index is 8.58. The van der Waals surface area contributed by atoms with E-state index in [1.165, 1.54) is 0 Å². The van der Waals surface area contributed by atoms with Crippen molar-refractivity contribution >= 4 is 5.95 Å². The van der Waals surface area contributed by atoms with Gasteiger partial charge in [-0.1, -0.05) is 0 Å². The van der Waals surface area contributed by atoms with Gasteiger partial charge in [0.25, 0.3) is 0 Å². The number of nitrogen functional groups attached to an aromatic ring is 1. The van der Waals surface area contributed by atoms with Crippen molar-refractivity contribution in [2.24, 2.45) is 0 Å². The molecule has 0 aliphatic heterocycles. The van der Waals surface area contributed by atoms with Gasteiger partial charge in [0.15, 0.2) is 5.82 Å². The Labute approximate surface area is 58.0 Å². The van der Waals surface area contributed by atoms with Crippen molar-refractivity contribution < 1.29 is 5.11 Å². The second-order valence-corrected chi connectivity index (χ2v) is 1.82. The molecule has 0 fully saturated rings. The second-order valence-electron chi connectivity index (χ2n) is 1.82. The first-order chi connectivity index (χ1) is 4.72. The molecule has 5 nitrogen and oxygen atoms in total. The summed E-state index contributed by atoms with van der Waals surface area (Å²) in [5, 5.41) is 8.58. The van der Waals surface area contributed by atoms with Gasteiger partial charge in [-0.05, 0) is 6.92 Å². The number of rotatable bonds is 1. The predicted octanol–water partition coefficient (Wildman–Crippen LogP) is -0.745. The van der Waals surface area contributed by atoms with E-state index in [0.29, 0.717) is 11.6 Å². The van der Waals surface area contributed by atoms with Crippen LogP contribution in [0.25, 0.3) is 0 Å². The zero-order valence-electron chi connectivity index (χ0n) is 5.57. The fourth-order valence-corrected chi connectivity index (χ4v) is 0.630. The number of aliphatic hydroxyl groups excluding tert-OH is 1. The Morgan fingerprint density at radius 3 is 2.60 bits per heavy atom. The van der Waals surface area contributed by atoms with Gasteiger partial charge in [0.1, 0.15) is 12.4 Å². The largest absolute Gasteiger partial charge is 0.388 e. The van der Waals surface area contributed by atoms with Gasteiger partial charge in [0.2, 0.25) is 5.95 Å². The average Bonchev–Trinajstić information content (AvgIpc) is 1.85. The van der Waals surface area contributed by atoms with Gasteiger partial charge in [-0.25, -0.2) is 4.98 Å². The molecule has 0 saturated heterocycles. The zero-order chi connectivity index (χ0) is 7.56. The van der Waals surface area contributed by atoms with Crippen molar-refractivity contribution in [1.29, 1.82) is 0 Å². The Kier molecular flexibility index (Phi) is 1.77. The van der Waals surface area contributed by atoms with Gasteiger partial charge in [0, 0.05) is 0 Å². The molecule has 54 valence electrons. The van der Waals surface area contributed by atoms with Crippen LogP contribution in [0.2, 0.25) is 0 Å². The van der Waals surface area contributed by atoms with E-state index in [9.17, 15) is 0 Å². The lowest BCUT2D eigenvalue weighted by Crippen LogP contribution is -2.04. The second kappa shape index (κ2) is 2.57. The molecule has 0 amide bonds. The van der Waals surface area contributed by atoms with Crippen molar-refractivity contribution in [3.8, 4) is 0 Å². The number of hydrogen-bond acceptors (Lipinski definition) is 5. The molecule has 1 rings (SSSR count). The number of anilines is 1. The highest BCUT2D eigenvalue weighted by molar-refractivity contribution is 5.14. The third-order valence-corrected chi connectivity index (χ3v) is 0.952. The molecule has 0 unspecified atom stereocenters. The highest BCUT2D eigenvalue weighted by atomic mass is 16.3. The van der Waals surface area contributed by atoms with Crippen LogP contribution in [0.4, 0.5) is 5.95 Å². The number of hydrogen-bond donors (Lipinski definition) is 2. The molecule has 10 heavy (non-hydrogen) atoms. The lowest BCUT2D eigenvalue weighted by molar-refractivity contribution is 0.270. The van der Waals surface area contributed by atoms with Gasteiger partial charge >= 0.3 is 0 Å². The van der Waals surface area contributed by atoms with Crippen molar-refractivity contribution in [1.82, 2.24) is 15.0 Å². The molecule has 0 bridgehead atoms. The monoisotopic (exact) mass is 140 g/mol. The van der Waals surface area contributed by atoms with Crippen molar-refractivity contribution in [2.45, 2.75) is 13.5 Å². The third-order valence-electron chi connectivity index (χ3n) is 0.952. The highest BCUT2D eigenvalue weighted by Crippen LogP contribution is 1.94. The maximum absolute atomic E-state index is 8.58. The van der Waals surface area contributed by atoms with Crippen molar-refractivity contribution in [2.75, 3.05) is 5.73 Å². The standard InChI is InChI=1S/C5H8N4O/c1-3-7-4(2-10)9-5(6)8-3/h10H,2H2,1H3,(H2,6,7,8,9). The fourth-order valence-electron chi connectivity index (χ4n) is 0.630. The maximum Gasteiger partial charge on any atom is 0.223 e. The topological polar surface area (TPSA) is 84.9 Å². The van der Waals surface area contributed by atoms with Crippen LogP contribution in [0.15, 0.2) is 0 Å². The molecule has 0 saturated carbocycles. The van der Waals surface area contributed by atoms with Crippen LogP contribution < -0.4 is 5.73 Å². The van der Waals surface area contributed by atoms with E-state index in [-0.39, 0.29) is 12.6 Å². The van der Waals surface area contributed by atoms with E-state index < -0.39 is 0 Å². The van der Waals surface area contributed by atoms with Gasteiger partial charge in [0.05, 0.1) is 0 Å². The molecule has 0 aliphatic carbocycles. The molecule has 3 N–H and O–H groups in total. The van der Waals surface area contributed by atoms with Gasteiger partial charge in [-0.3, -0.25) is 0 Å². The Morgan fingerprint density at radius 2 is 2.10 bits per heavy atom. The molecule has 0 radical (unpaired) electrons. The Morgan fingerprint density at radius 1 is 1.40 bits per heavy atom. The van der Waals surface area contributed by atoms with E-state index in [0.717, 1.165) is 0 Å². The molecule has 1 aromatic rings. The van der Waals surface area contributed by atoms with Crippen LogP contribution in [0.3, 0.4) is 0 Å². The van der Waals surface area contributed by atoms with Crippen LogP contribution in [0.5, 0.6) is 0 Å². The molecule has 1 aromatic heterocycles. The summed E-state index contributed by atoms with van der Waals surface area (Å²) in [7, 11) is 0. The average molecular weight is 140 g/mol. The van der Waals surface area contributed by atoms with Crippen LogP contribution >= 0.6 is 0 Å². The summed E-state index contributed by atoms with van der Waals surface area (Å²) in [6.45, 7) is 1.49. The molecule has 1 heterocycles. The third kappa shape index (κ3) is 1.38. The normalized spacial score (nSPS) is 9.80. The van der Waals surface area contributed by atoms with Crippen LogP contribution in [0.1, 0.15) is 11.6 Å². The predicted molar refractivity (Wildman–Crippen MR) is 34.9 cm³/mol. The van der Waals surface area contributed by atoms with Crippen LogP contribution in [0, 0.1) is 6.92 Å². The molecule has 0 spiro atoms. The summed E-state index contributed by atoms with van der Waals surface area (Å²) >= 11 is 0. The molecular formula is C5H8N4O. The Balaban J connectivity index is 3.06. The molecule has 5 heteroatoms. The number of aromatic nitrogens is 3. The van der Waals surface area contributed by atoms with Crippen molar-refractivity contribution in [3.05, 3.63) is 11.6 Å². The van der Waals surface area contributed by atoms with E-state index in [1.807, 2.05) is 0 Å².